The highest BCUT2D eigenvalue weighted by Crippen LogP contribution is 2.32. The van der Waals surface area contributed by atoms with Gasteiger partial charge in [0.05, 0.1) is 0 Å². The van der Waals surface area contributed by atoms with Gasteiger partial charge in [0.2, 0.25) is 5.91 Å². The van der Waals surface area contributed by atoms with Crippen molar-refractivity contribution < 1.29 is 9.59 Å². The third kappa shape index (κ3) is 3.82. The molecule has 1 aromatic heterocycles. The van der Waals surface area contributed by atoms with E-state index in [-0.39, 0.29) is 30.1 Å². The van der Waals surface area contributed by atoms with E-state index in [9.17, 15) is 9.59 Å². The number of H-pyrrole nitrogens is 1. The van der Waals surface area contributed by atoms with E-state index in [1.165, 1.54) is 0 Å². The summed E-state index contributed by atoms with van der Waals surface area (Å²) in [4.78, 5) is 32.5. The molecule has 4 rings (SSSR count). The van der Waals surface area contributed by atoms with Crippen LogP contribution in [0.25, 0.3) is 10.9 Å². The fraction of sp³-hybridized carbons (Fsp3) is 0.500. The zero-order valence-electron chi connectivity index (χ0n) is 15.4. The van der Waals surface area contributed by atoms with Crippen LogP contribution in [-0.2, 0) is 4.79 Å². The van der Waals surface area contributed by atoms with Gasteiger partial charge >= 0.3 is 0 Å². The molecule has 27 heavy (non-hydrogen) atoms. The number of nitrogens with two attached hydrogens (primary N) is 1. The number of para-hydroxylation sites is 1. The topological polar surface area (TPSA) is 82.4 Å². The van der Waals surface area contributed by atoms with Gasteiger partial charge in [0.15, 0.2) is 0 Å². The standard InChI is InChI=1S/C20H26N4O2.ClH/c21-13-15-5-3-6-16(15)19(25)23-8-10-24(11-9-23)20(26)18-12-14-4-1-2-7-17(14)22-18;/h1-2,4,7,12,15-16,22H,3,5-6,8-11,13,21H2;1H/t15-,16-;/m1./s1. The summed E-state index contributed by atoms with van der Waals surface area (Å²) < 4.78 is 0. The van der Waals surface area contributed by atoms with Crippen molar-refractivity contribution >= 4 is 35.1 Å². The van der Waals surface area contributed by atoms with Crippen LogP contribution in [0.3, 0.4) is 0 Å². The Morgan fingerprint density at radius 3 is 2.48 bits per heavy atom. The molecule has 1 aliphatic carbocycles. The van der Waals surface area contributed by atoms with Gasteiger partial charge in [-0.3, -0.25) is 9.59 Å². The summed E-state index contributed by atoms with van der Waals surface area (Å²) in [6.07, 6.45) is 3.11. The zero-order valence-corrected chi connectivity index (χ0v) is 16.2. The lowest BCUT2D eigenvalue weighted by atomic mass is 9.94. The number of aromatic amines is 1. The fourth-order valence-corrected chi connectivity index (χ4v) is 4.37. The van der Waals surface area contributed by atoms with Crippen LogP contribution in [0.2, 0.25) is 0 Å². The lowest BCUT2D eigenvalue weighted by molar-refractivity contribution is -0.138. The normalized spacial score (nSPS) is 22.7. The molecule has 1 saturated carbocycles. The van der Waals surface area contributed by atoms with Crippen LogP contribution in [-0.4, -0.2) is 59.3 Å². The van der Waals surface area contributed by atoms with E-state index in [4.69, 9.17) is 5.73 Å². The summed E-state index contributed by atoms with van der Waals surface area (Å²) in [5.74, 6) is 0.647. The molecule has 1 aromatic carbocycles. The van der Waals surface area contributed by atoms with Gasteiger partial charge in [-0.15, -0.1) is 12.4 Å². The van der Waals surface area contributed by atoms with Gasteiger partial charge in [-0.05, 0) is 37.4 Å². The molecule has 2 amide bonds. The van der Waals surface area contributed by atoms with Gasteiger partial charge < -0.3 is 20.5 Å². The molecule has 1 aliphatic heterocycles. The smallest absolute Gasteiger partial charge is 0.270 e. The highest BCUT2D eigenvalue weighted by atomic mass is 35.5. The van der Waals surface area contributed by atoms with Crippen molar-refractivity contribution in [2.24, 2.45) is 17.6 Å². The number of hydrogen-bond donors (Lipinski definition) is 2. The second-order valence-corrected chi connectivity index (χ2v) is 7.42. The van der Waals surface area contributed by atoms with Gasteiger partial charge in [-0.25, -0.2) is 0 Å². The quantitative estimate of drug-likeness (QED) is 0.843. The van der Waals surface area contributed by atoms with Crippen molar-refractivity contribution in [2.75, 3.05) is 32.7 Å². The predicted molar refractivity (Wildman–Crippen MR) is 108 cm³/mol. The predicted octanol–water partition coefficient (Wildman–Crippen LogP) is 2.25. The Hall–Kier alpha value is -2.05. The van der Waals surface area contributed by atoms with Crippen LogP contribution in [0.4, 0.5) is 0 Å². The van der Waals surface area contributed by atoms with Crippen LogP contribution in [0.1, 0.15) is 29.8 Å². The lowest BCUT2D eigenvalue weighted by Gasteiger charge is -2.36. The molecule has 0 radical (unpaired) electrons. The fourth-order valence-electron chi connectivity index (χ4n) is 4.37. The molecule has 2 atom stereocenters. The van der Waals surface area contributed by atoms with Gasteiger partial charge in [0, 0.05) is 43.0 Å². The van der Waals surface area contributed by atoms with Crippen molar-refractivity contribution in [1.29, 1.82) is 0 Å². The summed E-state index contributed by atoms with van der Waals surface area (Å²) in [5, 5.41) is 1.04. The average molecular weight is 391 g/mol. The SMILES string of the molecule is Cl.NC[C@H]1CCC[C@H]1C(=O)N1CCN(C(=O)c2cc3ccccc3[nH]2)CC1. The number of halogens is 1. The van der Waals surface area contributed by atoms with E-state index in [1.54, 1.807) is 0 Å². The number of aromatic nitrogens is 1. The molecule has 0 unspecified atom stereocenters. The number of carbonyl (C=O) groups is 2. The van der Waals surface area contributed by atoms with Crippen molar-refractivity contribution in [3.05, 3.63) is 36.0 Å². The molecule has 7 heteroatoms. The number of hydrogen-bond acceptors (Lipinski definition) is 3. The van der Waals surface area contributed by atoms with Crippen LogP contribution in [0, 0.1) is 11.8 Å². The Labute approximate surface area is 165 Å². The largest absolute Gasteiger partial charge is 0.351 e. The van der Waals surface area contributed by atoms with Crippen LogP contribution < -0.4 is 5.73 Å². The van der Waals surface area contributed by atoms with Gasteiger partial charge in [-0.2, -0.15) is 0 Å². The van der Waals surface area contributed by atoms with Gasteiger partial charge in [0.25, 0.3) is 5.91 Å². The number of fused-ring (bicyclic) bond motifs is 1. The summed E-state index contributed by atoms with van der Waals surface area (Å²) in [7, 11) is 0. The summed E-state index contributed by atoms with van der Waals surface area (Å²) >= 11 is 0. The maximum atomic E-state index is 12.8. The van der Waals surface area contributed by atoms with Gasteiger partial charge in [0.1, 0.15) is 5.69 Å². The average Bonchev–Trinajstić information content (AvgIpc) is 3.33. The Balaban J connectivity index is 0.00000210. The number of carbonyl (C=O) groups excluding carboxylic acids is 2. The number of rotatable bonds is 3. The molecule has 0 bridgehead atoms. The van der Waals surface area contributed by atoms with Crippen molar-refractivity contribution in [1.82, 2.24) is 14.8 Å². The zero-order chi connectivity index (χ0) is 18.1. The highest BCUT2D eigenvalue weighted by Gasteiger charge is 2.36. The Bertz CT molecular complexity index is 780. The maximum absolute atomic E-state index is 12.8. The molecule has 2 heterocycles. The number of amides is 2. The first-order valence-electron chi connectivity index (χ1n) is 9.53. The molecule has 3 N–H and O–H groups in total. The van der Waals surface area contributed by atoms with E-state index < -0.39 is 0 Å². The number of nitrogens with zero attached hydrogens (tertiary/aromatic N) is 2. The van der Waals surface area contributed by atoms with Crippen LogP contribution in [0.15, 0.2) is 30.3 Å². The molecule has 2 fully saturated rings. The molecular weight excluding hydrogens is 364 g/mol. The maximum Gasteiger partial charge on any atom is 0.270 e. The third-order valence-corrected chi connectivity index (χ3v) is 5.92. The molecule has 1 saturated heterocycles. The summed E-state index contributed by atoms with van der Waals surface area (Å²) in [6, 6.07) is 9.79. The van der Waals surface area contributed by atoms with Crippen LogP contribution in [0.5, 0.6) is 0 Å². The van der Waals surface area contributed by atoms with Crippen molar-refractivity contribution in [2.45, 2.75) is 19.3 Å². The Kier molecular flexibility index (Phi) is 6.07. The minimum absolute atomic E-state index is 0. The van der Waals surface area contributed by atoms with E-state index >= 15 is 0 Å². The first-order valence-corrected chi connectivity index (χ1v) is 9.53. The first kappa shape index (κ1) is 19.7. The molecule has 2 aliphatic rings. The lowest BCUT2D eigenvalue weighted by Crippen LogP contribution is -2.52. The van der Waals surface area contributed by atoms with Crippen LogP contribution >= 0.6 is 12.4 Å². The highest BCUT2D eigenvalue weighted by molar-refractivity contribution is 5.98. The Morgan fingerprint density at radius 1 is 1.07 bits per heavy atom. The third-order valence-electron chi connectivity index (χ3n) is 5.92. The molecule has 2 aromatic rings. The van der Waals surface area contributed by atoms with Crippen molar-refractivity contribution in [3.8, 4) is 0 Å². The van der Waals surface area contributed by atoms with Gasteiger partial charge in [-0.1, -0.05) is 24.6 Å². The summed E-state index contributed by atoms with van der Waals surface area (Å²) in [6.45, 7) is 2.98. The van der Waals surface area contributed by atoms with Crippen molar-refractivity contribution in [3.63, 3.8) is 0 Å². The molecule has 6 nitrogen and oxygen atoms in total. The number of nitrogens with one attached hydrogen (secondary N) is 1. The molecule has 146 valence electrons. The second kappa shape index (κ2) is 8.31. The van der Waals surface area contributed by atoms with E-state index in [2.05, 4.69) is 4.98 Å². The van der Waals surface area contributed by atoms with E-state index in [0.29, 0.717) is 44.3 Å². The monoisotopic (exact) mass is 390 g/mol. The Morgan fingerprint density at radius 2 is 1.78 bits per heavy atom. The molecular formula is C20H27ClN4O2. The van der Waals surface area contributed by atoms with E-state index in [0.717, 1.165) is 30.2 Å². The van der Waals surface area contributed by atoms with E-state index in [1.807, 2.05) is 40.1 Å². The minimum atomic E-state index is 0. The minimum Gasteiger partial charge on any atom is -0.351 e. The number of piperazine rings is 1. The molecule has 0 spiro atoms. The summed E-state index contributed by atoms with van der Waals surface area (Å²) in [5.41, 5.74) is 7.41. The number of benzene rings is 1. The second-order valence-electron chi connectivity index (χ2n) is 7.42. The first-order chi connectivity index (χ1) is 12.7.